The molecule has 0 aliphatic carbocycles. The van der Waals surface area contributed by atoms with E-state index in [1.54, 1.807) is 24.3 Å². The molecule has 0 bridgehead atoms. The molecule has 1 heterocycles. The number of allylic oxidation sites excluding steroid dienone is 2. The van der Waals surface area contributed by atoms with E-state index >= 15 is 8.78 Å². The van der Waals surface area contributed by atoms with Crippen molar-refractivity contribution in [3.05, 3.63) is 204 Å². The van der Waals surface area contributed by atoms with Crippen molar-refractivity contribution in [3.8, 4) is 0 Å². The first kappa shape index (κ1) is 26.8. The Kier molecular flexibility index (Phi) is 7.02. The van der Waals surface area contributed by atoms with Gasteiger partial charge in [0.05, 0.1) is 0 Å². The zero-order chi connectivity index (χ0) is 29.2. The predicted molar refractivity (Wildman–Crippen MR) is 177 cm³/mol. The molecule has 206 valence electrons. The van der Waals surface area contributed by atoms with Crippen LogP contribution in [0.1, 0.15) is 22.3 Å². The molecule has 1 aliphatic rings. The molecule has 0 radical (unpaired) electrons. The second-order valence-electron chi connectivity index (χ2n) is 10.7. The van der Waals surface area contributed by atoms with Crippen molar-refractivity contribution in [2.45, 2.75) is 0 Å². The number of benzene rings is 6. The Morgan fingerprint density at radius 1 is 0.326 bits per heavy atom. The van der Waals surface area contributed by atoms with E-state index in [0.29, 0.717) is 0 Å². The van der Waals surface area contributed by atoms with Gasteiger partial charge in [0.2, 0.25) is 0 Å². The SMILES string of the molecule is Fc1cccc(C2=C(c3ccccc3)C(c3ccccc3)=C(c3cccc(F)c3)[Si]2(c2ccccc2)c2ccccc2)c1. The molecule has 0 saturated heterocycles. The van der Waals surface area contributed by atoms with Crippen LogP contribution in [0.15, 0.2) is 170 Å². The van der Waals surface area contributed by atoms with Crippen molar-refractivity contribution in [3.63, 3.8) is 0 Å². The summed E-state index contributed by atoms with van der Waals surface area (Å²) < 4.78 is 30.5. The maximum absolute atomic E-state index is 15.2. The molecule has 0 unspecified atom stereocenters. The third-order valence-corrected chi connectivity index (χ3v) is 13.2. The average molecular weight is 575 g/mol. The minimum Gasteiger partial charge on any atom is -0.207 e. The molecule has 7 rings (SSSR count). The van der Waals surface area contributed by atoms with Crippen molar-refractivity contribution < 1.29 is 8.78 Å². The second-order valence-corrected chi connectivity index (χ2v) is 14.4. The van der Waals surface area contributed by atoms with Crippen LogP contribution in [0.25, 0.3) is 21.5 Å². The van der Waals surface area contributed by atoms with Crippen LogP contribution < -0.4 is 10.4 Å². The fraction of sp³-hybridized carbons (Fsp3) is 0. The molecular formula is C40H28F2Si. The number of halogens is 2. The Balaban J connectivity index is 1.79. The van der Waals surface area contributed by atoms with Crippen molar-refractivity contribution >= 4 is 40.0 Å². The Bertz CT molecular complexity index is 1820. The third kappa shape index (κ3) is 4.59. The number of hydrogen-bond donors (Lipinski definition) is 0. The van der Waals surface area contributed by atoms with Crippen molar-refractivity contribution in [2.75, 3.05) is 0 Å². The highest BCUT2D eigenvalue weighted by molar-refractivity contribution is 7.29. The van der Waals surface area contributed by atoms with Crippen LogP contribution in [0.4, 0.5) is 8.78 Å². The van der Waals surface area contributed by atoms with Gasteiger partial charge in [0.15, 0.2) is 8.07 Å². The van der Waals surface area contributed by atoms with Crippen LogP contribution in [-0.2, 0) is 0 Å². The van der Waals surface area contributed by atoms with E-state index in [2.05, 4.69) is 72.8 Å². The smallest absolute Gasteiger partial charge is 0.182 e. The highest BCUT2D eigenvalue weighted by Crippen LogP contribution is 2.55. The van der Waals surface area contributed by atoms with Gasteiger partial charge in [0.25, 0.3) is 0 Å². The fourth-order valence-corrected chi connectivity index (χ4v) is 12.3. The van der Waals surface area contributed by atoms with Crippen molar-refractivity contribution in [2.24, 2.45) is 0 Å². The van der Waals surface area contributed by atoms with Gasteiger partial charge in [-0.1, -0.05) is 146 Å². The zero-order valence-corrected chi connectivity index (χ0v) is 24.4. The predicted octanol–water partition coefficient (Wildman–Crippen LogP) is 8.84. The maximum atomic E-state index is 15.2. The van der Waals surface area contributed by atoms with Crippen LogP contribution in [0.2, 0.25) is 0 Å². The third-order valence-electron chi connectivity index (χ3n) is 8.27. The van der Waals surface area contributed by atoms with E-state index in [4.69, 9.17) is 0 Å². The summed E-state index contributed by atoms with van der Waals surface area (Å²) in [4.78, 5) is 0. The van der Waals surface area contributed by atoms with E-state index in [9.17, 15) is 0 Å². The van der Waals surface area contributed by atoms with Gasteiger partial charge in [0.1, 0.15) is 11.6 Å². The van der Waals surface area contributed by atoms with Crippen molar-refractivity contribution in [1.82, 2.24) is 0 Å². The summed E-state index contributed by atoms with van der Waals surface area (Å²) in [6.07, 6.45) is 0. The quantitative estimate of drug-likeness (QED) is 0.174. The molecule has 0 nitrogen and oxygen atoms in total. The second kappa shape index (κ2) is 11.3. The first-order valence-electron chi connectivity index (χ1n) is 14.4. The highest BCUT2D eigenvalue weighted by Gasteiger charge is 2.53. The summed E-state index contributed by atoms with van der Waals surface area (Å²) in [7, 11) is -3.24. The molecule has 0 aromatic heterocycles. The molecule has 0 N–H and O–H groups in total. The fourth-order valence-electron chi connectivity index (χ4n) is 6.67. The molecule has 43 heavy (non-hydrogen) atoms. The summed E-state index contributed by atoms with van der Waals surface area (Å²) in [6, 6.07) is 55.7. The monoisotopic (exact) mass is 574 g/mol. The largest absolute Gasteiger partial charge is 0.207 e. The van der Waals surface area contributed by atoms with Crippen LogP contribution in [0.5, 0.6) is 0 Å². The van der Waals surface area contributed by atoms with E-state index in [1.807, 2.05) is 60.7 Å². The van der Waals surface area contributed by atoms with E-state index in [1.165, 1.54) is 12.1 Å². The van der Waals surface area contributed by atoms with Crippen LogP contribution in [-0.4, -0.2) is 8.07 Å². The molecule has 0 amide bonds. The lowest BCUT2D eigenvalue weighted by atomic mass is 9.89. The summed E-state index contributed by atoms with van der Waals surface area (Å²) in [5.74, 6) is -0.580. The van der Waals surface area contributed by atoms with Gasteiger partial charge in [-0.2, -0.15) is 0 Å². The normalized spacial score (nSPS) is 14.3. The van der Waals surface area contributed by atoms with E-state index in [-0.39, 0.29) is 11.6 Å². The molecule has 6 aromatic carbocycles. The minimum atomic E-state index is -3.24. The molecule has 3 heteroatoms. The van der Waals surface area contributed by atoms with Gasteiger partial charge >= 0.3 is 0 Å². The Morgan fingerprint density at radius 3 is 1.00 bits per heavy atom. The lowest BCUT2D eigenvalue weighted by Crippen LogP contribution is -2.59. The Labute approximate surface area is 252 Å². The van der Waals surface area contributed by atoms with Crippen LogP contribution >= 0.6 is 0 Å². The molecule has 0 fully saturated rings. The summed E-state index contributed by atoms with van der Waals surface area (Å²) in [5, 5.41) is 4.49. The molecule has 0 atom stereocenters. The molecule has 1 aliphatic heterocycles. The lowest BCUT2D eigenvalue weighted by molar-refractivity contribution is 0.627. The maximum Gasteiger partial charge on any atom is 0.182 e. The van der Waals surface area contributed by atoms with Crippen molar-refractivity contribution in [1.29, 1.82) is 0 Å². The van der Waals surface area contributed by atoms with Gasteiger partial charge in [-0.15, -0.1) is 0 Å². The summed E-state index contributed by atoms with van der Waals surface area (Å²) in [5.41, 5.74) is 5.84. The van der Waals surface area contributed by atoms with Gasteiger partial charge < -0.3 is 0 Å². The van der Waals surface area contributed by atoms with Gasteiger partial charge in [-0.3, -0.25) is 0 Å². The van der Waals surface area contributed by atoms with Gasteiger partial charge in [-0.25, -0.2) is 8.78 Å². The van der Waals surface area contributed by atoms with Crippen LogP contribution in [0.3, 0.4) is 0 Å². The molecular weight excluding hydrogens is 547 g/mol. The molecule has 6 aromatic rings. The standard InChI is InChI=1S/C40H28F2Si/c41-33-21-13-19-31(27-33)39-37(29-15-5-1-6-16-29)38(30-17-7-2-8-18-30)40(32-20-14-22-34(42)28-32)43(39,35-23-9-3-10-24-35)36-25-11-4-12-26-36/h1-28H. The molecule has 0 saturated carbocycles. The summed E-state index contributed by atoms with van der Waals surface area (Å²) >= 11 is 0. The Hall–Kier alpha value is -5.12. The van der Waals surface area contributed by atoms with Gasteiger partial charge in [-0.05, 0) is 78.4 Å². The summed E-state index contributed by atoms with van der Waals surface area (Å²) in [6.45, 7) is 0. The van der Waals surface area contributed by atoms with Gasteiger partial charge in [0, 0.05) is 0 Å². The lowest BCUT2D eigenvalue weighted by Gasteiger charge is -2.36. The first-order valence-corrected chi connectivity index (χ1v) is 16.4. The minimum absolute atomic E-state index is 0.290. The van der Waals surface area contributed by atoms with E-state index in [0.717, 1.165) is 54.2 Å². The van der Waals surface area contributed by atoms with E-state index < -0.39 is 8.07 Å². The number of hydrogen-bond acceptors (Lipinski definition) is 0. The Morgan fingerprint density at radius 2 is 0.651 bits per heavy atom. The van der Waals surface area contributed by atoms with Crippen LogP contribution in [0, 0.1) is 11.6 Å². The highest BCUT2D eigenvalue weighted by atomic mass is 28.3. The zero-order valence-electron chi connectivity index (χ0n) is 23.4. The topological polar surface area (TPSA) is 0 Å². The molecule has 0 spiro atoms. The average Bonchev–Trinajstić information content (AvgIpc) is 3.39. The number of rotatable bonds is 6. The first-order chi connectivity index (χ1) is 21.2.